The molecule has 23 heavy (non-hydrogen) atoms. The summed E-state index contributed by atoms with van der Waals surface area (Å²) in [7, 11) is 0. The summed E-state index contributed by atoms with van der Waals surface area (Å²) in [5.74, 6) is 0. The number of rotatable bonds is 4. The van der Waals surface area contributed by atoms with E-state index in [1.54, 1.807) is 14.7 Å². The van der Waals surface area contributed by atoms with Crippen LogP contribution in [-0.2, 0) is 14.4 Å². The zero-order valence-electron chi connectivity index (χ0n) is 13.3. The van der Waals surface area contributed by atoms with Crippen LogP contribution in [0, 0.1) is 0 Å². The van der Waals surface area contributed by atoms with Crippen molar-refractivity contribution < 1.29 is 14.4 Å². The number of hydrogen-bond acceptors (Lipinski definition) is 4. The van der Waals surface area contributed by atoms with E-state index in [0.717, 1.165) is 32.3 Å². The predicted octanol–water partition coefficient (Wildman–Crippen LogP) is -0.828. The first-order chi connectivity index (χ1) is 11.3. The molecular formula is C16H24N4O3. The lowest BCUT2D eigenvalue weighted by atomic mass is 10.2. The first kappa shape index (κ1) is 17.2. The van der Waals surface area contributed by atoms with Gasteiger partial charge in [-0.25, -0.2) is 0 Å². The Bertz CT molecular complexity index is 430. The Labute approximate surface area is 136 Å². The van der Waals surface area contributed by atoms with E-state index >= 15 is 0 Å². The van der Waals surface area contributed by atoms with Crippen molar-refractivity contribution >= 4 is 19.2 Å². The normalized spacial score (nSPS) is 21.8. The van der Waals surface area contributed by atoms with Crippen LogP contribution in [-0.4, -0.2) is 97.2 Å². The van der Waals surface area contributed by atoms with Gasteiger partial charge >= 0.3 is 0 Å². The predicted molar refractivity (Wildman–Crippen MR) is 86.6 cm³/mol. The lowest BCUT2D eigenvalue weighted by Crippen LogP contribution is -2.47. The van der Waals surface area contributed by atoms with E-state index in [0.29, 0.717) is 39.3 Å². The molecule has 7 nitrogen and oxygen atoms in total. The van der Waals surface area contributed by atoms with E-state index in [2.05, 4.69) is 17.1 Å². The molecule has 1 fully saturated rings. The van der Waals surface area contributed by atoms with E-state index < -0.39 is 0 Å². The van der Waals surface area contributed by atoms with E-state index in [-0.39, 0.29) is 6.04 Å². The van der Waals surface area contributed by atoms with Gasteiger partial charge in [-0.15, -0.1) is 0 Å². The van der Waals surface area contributed by atoms with Gasteiger partial charge in [0.05, 0.1) is 0 Å². The van der Waals surface area contributed by atoms with Gasteiger partial charge in [0.1, 0.15) is 0 Å². The Morgan fingerprint density at radius 1 is 0.609 bits per heavy atom. The summed E-state index contributed by atoms with van der Waals surface area (Å²) in [6.45, 7) is 4.65. The van der Waals surface area contributed by atoms with Gasteiger partial charge in [0.2, 0.25) is 19.2 Å². The van der Waals surface area contributed by atoms with E-state index in [1.807, 2.05) is 12.2 Å². The number of amides is 3. The summed E-state index contributed by atoms with van der Waals surface area (Å²) in [6.07, 6.45) is 10.7. The summed E-state index contributed by atoms with van der Waals surface area (Å²) in [5.41, 5.74) is 0. The monoisotopic (exact) mass is 320 g/mol. The number of carbonyl (C=O) groups excluding carboxylic acids is 3. The Morgan fingerprint density at radius 2 is 0.957 bits per heavy atom. The van der Waals surface area contributed by atoms with Crippen molar-refractivity contribution in [1.29, 1.82) is 0 Å². The summed E-state index contributed by atoms with van der Waals surface area (Å²) < 4.78 is 0. The van der Waals surface area contributed by atoms with Crippen LogP contribution < -0.4 is 0 Å². The molecule has 0 aromatic rings. The van der Waals surface area contributed by atoms with Crippen LogP contribution in [0.1, 0.15) is 0 Å². The van der Waals surface area contributed by atoms with Gasteiger partial charge in [0, 0.05) is 58.4 Å². The number of nitrogens with zero attached hydrogens (tertiary/aromatic N) is 4. The third-order valence-corrected chi connectivity index (χ3v) is 4.29. The molecule has 0 spiro atoms. The zero-order valence-corrected chi connectivity index (χ0v) is 13.3. The molecule has 7 heteroatoms. The number of hydrogen-bond donors (Lipinski definition) is 0. The topological polar surface area (TPSA) is 64.2 Å². The molecular weight excluding hydrogens is 296 g/mol. The third-order valence-electron chi connectivity index (χ3n) is 4.29. The van der Waals surface area contributed by atoms with Crippen molar-refractivity contribution in [2.24, 2.45) is 0 Å². The molecule has 2 aliphatic rings. The molecule has 0 radical (unpaired) electrons. The summed E-state index contributed by atoms with van der Waals surface area (Å²) >= 11 is 0. The maximum absolute atomic E-state index is 11.2. The molecule has 1 aliphatic heterocycles. The standard InChI is InChI=1S/C16H24N4O3/c21-13-17-5-7-18(14-22)9-11-20(16-3-1-2-4-16)12-10-19(15-23)8-6-17/h1-4,13-16H,5-12H2. The van der Waals surface area contributed by atoms with Crippen molar-refractivity contribution in [3.8, 4) is 0 Å². The molecule has 126 valence electrons. The molecule has 1 heterocycles. The fourth-order valence-electron chi connectivity index (χ4n) is 2.75. The molecule has 1 aliphatic carbocycles. The van der Waals surface area contributed by atoms with Crippen LogP contribution in [0.2, 0.25) is 0 Å². The molecule has 0 saturated carbocycles. The average molecular weight is 320 g/mol. The minimum atomic E-state index is 0.214. The second kappa shape index (κ2) is 9.09. The van der Waals surface area contributed by atoms with Gasteiger partial charge in [-0.05, 0) is 0 Å². The maximum Gasteiger partial charge on any atom is 0.209 e. The second-order valence-electron chi connectivity index (χ2n) is 5.72. The number of carbonyl (C=O) groups is 3. The van der Waals surface area contributed by atoms with Crippen LogP contribution in [0.5, 0.6) is 0 Å². The minimum absolute atomic E-state index is 0.214. The summed E-state index contributed by atoms with van der Waals surface area (Å²) in [6, 6.07) is 0.214. The summed E-state index contributed by atoms with van der Waals surface area (Å²) in [5, 5.41) is 0. The van der Waals surface area contributed by atoms with Gasteiger partial charge in [-0.2, -0.15) is 0 Å². The lowest BCUT2D eigenvalue weighted by Gasteiger charge is -2.33. The van der Waals surface area contributed by atoms with E-state index in [4.69, 9.17) is 0 Å². The lowest BCUT2D eigenvalue weighted by molar-refractivity contribution is -0.123. The van der Waals surface area contributed by atoms with Gasteiger partial charge in [0.15, 0.2) is 0 Å². The van der Waals surface area contributed by atoms with Crippen LogP contribution in [0.3, 0.4) is 0 Å². The maximum atomic E-state index is 11.2. The smallest absolute Gasteiger partial charge is 0.209 e. The molecule has 0 atom stereocenters. The van der Waals surface area contributed by atoms with Gasteiger partial charge in [-0.1, -0.05) is 24.3 Å². The van der Waals surface area contributed by atoms with Crippen molar-refractivity contribution in [1.82, 2.24) is 19.6 Å². The largest absolute Gasteiger partial charge is 0.342 e. The molecule has 0 aromatic heterocycles. The van der Waals surface area contributed by atoms with Crippen LogP contribution in [0.25, 0.3) is 0 Å². The molecule has 0 aromatic carbocycles. The molecule has 2 rings (SSSR count). The Balaban J connectivity index is 2.04. The fourth-order valence-corrected chi connectivity index (χ4v) is 2.75. The van der Waals surface area contributed by atoms with Gasteiger partial charge < -0.3 is 14.7 Å². The molecule has 0 N–H and O–H groups in total. The van der Waals surface area contributed by atoms with Crippen LogP contribution >= 0.6 is 0 Å². The highest BCUT2D eigenvalue weighted by molar-refractivity contribution is 5.49. The first-order valence-electron chi connectivity index (χ1n) is 7.94. The highest BCUT2D eigenvalue weighted by Gasteiger charge is 2.18. The number of allylic oxidation sites excluding steroid dienone is 2. The average Bonchev–Trinajstić information content (AvgIpc) is 3.10. The van der Waals surface area contributed by atoms with Gasteiger partial charge in [0.25, 0.3) is 0 Å². The summed E-state index contributed by atoms with van der Waals surface area (Å²) in [4.78, 5) is 40.8. The van der Waals surface area contributed by atoms with Crippen molar-refractivity contribution in [3.05, 3.63) is 24.3 Å². The Kier molecular flexibility index (Phi) is 6.80. The van der Waals surface area contributed by atoms with Crippen molar-refractivity contribution in [2.45, 2.75) is 6.04 Å². The van der Waals surface area contributed by atoms with E-state index in [9.17, 15) is 14.4 Å². The Hall–Kier alpha value is -2.15. The quantitative estimate of drug-likeness (QED) is 0.635. The first-order valence-corrected chi connectivity index (χ1v) is 7.94. The van der Waals surface area contributed by atoms with Crippen molar-refractivity contribution in [3.63, 3.8) is 0 Å². The third kappa shape index (κ3) is 5.21. The molecule has 0 unspecified atom stereocenters. The SMILES string of the molecule is O=CN1CCN(C=O)CCN(C2C=CC=C2)CCN(C=O)CC1. The molecule has 1 saturated heterocycles. The minimum Gasteiger partial charge on any atom is -0.342 e. The van der Waals surface area contributed by atoms with Gasteiger partial charge in [-0.3, -0.25) is 19.3 Å². The highest BCUT2D eigenvalue weighted by atomic mass is 16.1. The second-order valence-corrected chi connectivity index (χ2v) is 5.72. The van der Waals surface area contributed by atoms with Crippen molar-refractivity contribution in [2.75, 3.05) is 52.4 Å². The van der Waals surface area contributed by atoms with Crippen LogP contribution in [0.4, 0.5) is 0 Å². The highest BCUT2D eigenvalue weighted by Crippen LogP contribution is 2.10. The zero-order chi connectivity index (χ0) is 16.5. The molecule has 3 amide bonds. The van der Waals surface area contributed by atoms with E-state index in [1.165, 1.54) is 0 Å². The molecule has 0 bridgehead atoms. The fraction of sp³-hybridized carbons (Fsp3) is 0.562. The van der Waals surface area contributed by atoms with Crippen LogP contribution in [0.15, 0.2) is 24.3 Å². The Morgan fingerprint density at radius 3 is 1.30 bits per heavy atom.